The zero-order valence-corrected chi connectivity index (χ0v) is 21.2. The van der Waals surface area contributed by atoms with Gasteiger partial charge in [0.1, 0.15) is 5.82 Å². The second-order valence-corrected chi connectivity index (χ2v) is 10.7. The third-order valence-corrected chi connectivity index (χ3v) is 7.83. The quantitative estimate of drug-likeness (QED) is 0.642. The fourth-order valence-electron chi connectivity index (χ4n) is 5.67. The van der Waals surface area contributed by atoms with E-state index in [9.17, 15) is 14.0 Å². The third kappa shape index (κ3) is 5.36. The fourth-order valence-corrected chi connectivity index (χ4v) is 5.67. The Kier molecular flexibility index (Phi) is 7.89. The Morgan fingerprint density at radius 3 is 2.70 bits per heavy atom. The van der Waals surface area contributed by atoms with Gasteiger partial charge in [-0.05, 0) is 57.7 Å². The molecular formula is C27H39FN6O3. The summed E-state index contributed by atoms with van der Waals surface area (Å²) in [5, 5.41) is 10.1. The van der Waals surface area contributed by atoms with Crippen molar-refractivity contribution >= 4 is 17.8 Å². The smallest absolute Gasteiger partial charge is 0.321 e. The number of nitrogens with zero attached hydrogens (tertiary/aromatic N) is 4. The van der Waals surface area contributed by atoms with Crippen LogP contribution in [0.2, 0.25) is 0 Å². The molecule has 1 atom stereocenters. The largest absolute Gasteiger partial charge is 0.381 e. The van der Waals surface area contributed by atoms with Gasteiger partial charge in [-0.25, -0.2) is 9.18 Å². The van der Waals surface area contributed by atoms with E-state index in [0.29, 0.717) is 24.8 Å². The molecule has 5 rings (SSSR count). The van der Waals surface area contributed by atoms with Crippen LogP contribution in [-0.2, 0) is 16.8 Å². The summed E-state index contributed by atoms with van der Waals surface area (Å²) in [4.78, 5) is 32.7. The van der Waals surface area contributed by atoms with Gasteiger partial charge in [0.05, 0.1) is 17.8 Å². The molecule has 0 saturated carbocycles. The SMILES string of the molecule is C.C[C@H]1CN(CC2CCOCC2)CCN1C(=O)N1Cc2c(NC(=O)c3cccc(F)c3)n[nH]c2C1(C)C. The normalized spacial score (nSPS) is 21.9. The number of carbonyl (C=O) groups excluding carboxylic acids is 2. The number of fused-ring (bicyclic) bond motifs is 1. The molecule has 2 aromatic rings. The van der Waals surface area contributed by atoms with E-state index in [-0.39, 0.29) is 25.1 Å². The second-order valence-electron chi connectivity index (χ2n) is 10.7. The number of aromatic nitrogens is 2. The van der Waals surface area contributed by atoms with E-state index < -0.39 is 17.3 Å². The zero-order chi connectivity index (χ0) is 25.4. The van der Waals surface area contributed by atoms with Gasteiger partial charge in [-0.3, -0.25) is 14.8 Å². The molecule has 4 heterocycles. The first-order valence-electron chi connectivity index (χ1n) is 12.8. The number of hydrogen-bond donors (Lipinski definition) is 2. The molecule has 202 valence electrons. The Morgan fingerprint density at radius 2 is 2.00 bits per heavy atom. The lowest BCUT2D eigenvalue weighted by Crippen LogP contribution is -2.59. The molecule has 1 aromatic carbocycles. The predicted molar refractivity (Wildman–Crippen MR) is 140 cm³/mol. The minimum atomic E-state index is -0.611. The lowest BCUT2D eigenvalue weighted by molar-refractivity contribution is 0.0290. The van der Waals surface area contributed by atoms with Gasteiger partial charge in [-0.15, -0.1) is 0 Å². The topological polar surface area (TPSA) is 93.8 Å². The number of rotatable bonds is 4. The van der Waals surface area contributed by atoms with Gasteiger partial charge >= 0.3 is 6.03 Å². The van der Waals surface area contributed by atoms with Crippen molar-refractivity contribution in [2.45, 2.75) is 59.2 Å². The molecule has 1 aromatic heterocycles. The highest BCUT2D eigenvalue weighted by Gasteiger charge is 2.46. The molecule has 2 N–H and O–H groups in total. The lowest BCUT2D eigenvalue weighted by atomic mass is 9.99. The Bertz CT molecular complexity index is 1130. The molecule has 0 bridgehead atoms. The summed E-state index contributed by atoms with van der Waals surface area (Å²) in [6.45, 7) is 11.6. The average Bonchev–Trinajstić information content (AvgIpc) is 3.37. The fraction of sp³-hybridized carbons (Fsp3) is 0.593. The van der Waals surface area contributed by atoms with E-state index >= 15 is 0 Å². The number of carbonyl (C=O) groups is 2. The van der Waals surface area contributed by atoms with Crippen molar-refractivity contribution in [2.24, 2.45) is 5.92 Å². The summed E-state index contributed by atoms with van der Waals surface area (Å²) >= 11 is 0. The van der Waals surface area contributed by atoms with E-state index in [1.54, 1.807) is 6.07 Å². The first kappa shape index (κ1) is 27.1. The number of anilines is 1. The molecule has 37 heavy (non-hydrogen) atoms. The van der Waals surface area contributed by atoms with Gasteiger partial charge in [-0.1, -0.05) is 13.5 Å². The number of aromatic amines is 1. The lowest BCUT2D eigenvalue weighted by Gasteiger charge is -2.44. The van der Waals surface area contributed by atoms with Crippen LogP contribution in [0.25, 0.3) is 0 Å². The van der Waals surface area contributed by atoms with Gasteiger partial charge < -0.3 is 19.9 Å². The van der Waals surface area contributed by atoms with Crippen LogP contribution in [-0.4, -0.2) is 82.3 Å². The van der Waals surface area contributed by atoms with Gasteiger partial charge in [0.15, 0.2) is 5.82 Å². The van der Waals surface area contributed by atoms with Crippen molar-refractivity contribution in [3.63, 3.8) is 0 Å². The predicted octanol–water partition coefficient (Wildman–Crippen LogP) is 4.04. The standard InChI is InChI=1S/C26H35FN6O3.CH4/c1-17-14-31(15-18-7-11-36-12-8-18)9-10-32(17)25(35)33-16-21-22(26(33,2)3)29-30-23(21)28-24(34)19-5-4-6-20(27)13-19;/h4-6,13,17-18H,7-12,14-16H2,1-3H3,(H2,28,29,30,34);1H4/t17-;/m0./s1. The number of nitrogens with one attached hydrogen (secondary N) is 2. The molecule has 10 heteroatoms. The van der Waals surface area contributed by atoms with Crippen LogP contribution in [0.4, 0.5) is 15.0 Å². The number of benzene rings is 1. The van der Waals surface area contributed by atoms with Gasteiger partial charge in [0.2, 0.25) is 0 Å². The third-order valence-electron chi connectivity index (χ3n) is 7.83. The number of amides is 3. The molecule has 0 unspecified atom stereocenters. The first-order valence-corrected chi connectivity index (χ1v) is 12.8. The molecule has 2 fully saturated rings. The highest BCUT2D eigenvalue weighted by Crippen LogP contribution is 2.41. The summed E-state index contributed by atoms with van der Waals surface area (Å²) in [6.07, 6.45) is 2.22. The molecule has 0 spiro atoms. The highest BCUT2D eigenvalue weighted by atomic mass is 19.1. The molecular weight excluding hydrogens is 475 g/mol. The first-order chi connectivity index (χ1) is 17.2. The summed E-state index contributed by atoms with van der Waals surface area (Å²) in [7, 11) is 0. The second kappa shape index (κ2) is 10.8. The Hall–Kier alpha value is -2.98. The number of hydrogen-bond acceptors (Lipinski definition) is 5. The molecule has 9 nitrogen and oxygen atoms in total. The van der Waals surface area contributed by atoms with Crippen molar-refractivity contribution in [3.05, 3.63) is 46.9 Å². The van der Waals surface area contributed by atoms with Gasteiger partial charge in [0.25, 0.3) is 5.91 Å². The summed E-state index contributed by atoms with van der Waals surface area (Å²) in [5.41, 5.74) is 1.18. The van der Waals surface area contributed by atoms with Crippen molar-refractivity contribution in [3.8, 4) is 0 Å². The van der Waals surface area contributed by atoms with Crippen LogP contribution in [0, 0.1) is 11.7 Å². The number of urea groups is 1. The van der Waals surface area contributed by atoms with Crippen LogP contribution in [0.15, 0.2) is 24.3 Å². The van der Waals surface area contributed by atoms with E-state index in [2.05, 4.69) is 27.3 Å². The number of piperazine rings is 1. The van der Waals surface area contributed by atoms with Crippen LogP contribution in [0.5, 0.6) is 0 Å². The van der Waals surface area contributed by atoms with Crippen LogP contribution in [0.1, 0.15) is 62.7 Å². The maximum absolute atomic E-state index is 13.7. The van der Waals surface area contributed by atoms with Crippen molar-refractivity contribution in [2.75, 3.05) is 44.7 Å². The number of halogens is 1. The van der Waals surface area contributed by atoms with Crippen LogP contribution in [0.3, 0.4) is 0 Å². The van der Waals surface area contributed by atoms with Gasteiger partial charge in [-0.2, -0.15) is 5.10 Å². The molecule has 0 aliphatic carbocycles. The maximum Gasteiger partial charge on any atom is 0.321 e. The maximum atomic E-state index is 13.7. The van der Waals surface area contributed by atoms with E-state index in [1.807, 2.05) is 23.6 Å². The Balaban J connectivity index is 0.00000320. The van der Waals surface area contributed by atoms with E-state index in [0.717, 1.165) is 56.9 Å². The molecule has 3 aliphatic rings. The van der Waals surface area contributed by atoms with Gasteiger partial charge in [0, 0.05) is 56.6 Å². The Labute approximate surface area is 218 Å². The van der Waals surface area contributed by atoms with Crippen LogP contribution < -0.4 is 5.32 Å². The van der Waals surface area contributed by atoms with Crippen LogP contribution >= 0.6 is 0 Å². The van der Waals surface area contributed by atoms with E-state index in [1.165, 1.54) is 18.2 Å². The number of ether oxygens (including phenoxy) is 1. The minimum Gasteiger partial charge on any atom is -0.381 e. The summed E-state index contributed by atoms with van der Waals surface area (Å²) in [6, 6.07) is 5.61. The molecule has 3 amide bonds. The molecule has 2 saturated heterocycles. The summed E-state index contributed by atoms with van der Waals surface area (Å²) < 4.78 is 19.0. The molecule has 3 aliphatic heterocycles. The van der Waals surface area contributed by atoms with Crippen molar-refractivity contribution in [1.29, 1.82) is 0 Å². The summed E-state index contributed by atoms with van der Waals surface area (Å²) in [5.74, 6) is 0.122. The van der Waals surface area contributed by atoms with E-state index in [4.69, 9.17) is 4.74 Å². The minimum absolute atomic E-state index is 0. The monoisotopic (exact) mass is 514 g/mol. The van der Waals surface area contributed by atoms with Crippen molar-refractivity contribution in [1.82, 2.24) is 24.9 Å². The Morgan fingerprint density at radius 1 is 1.24 bits per heavy atom. The number of H-pyrrole nitrogens is 1. The zero-order valence-electron chi connectivity index (χ0n) is 21.2. The average molecular weight is 515 g/mol. The highest BCUT2D eigenvalue weighted by molar-refractivity contribution is 6.04. The molecule has 0 radical (unpaired) electrons. The van der Waals surface area contributed by atoms with Crippen molar-refractivity contribution < 1.29 is 18.7 Å².